The first-order valence-electron chi connectivity index (χ1n) is 12.0. The molecule has 35 heavy (non-hydrogen) atoms. The number of rotatable bonds is 4. The number of piperidine rings is 1. The minimum Gasteiger partial charge on any atom is -0.306 e. The van der Waals surface area contributed by atoms with Gasteiger partial charge in [0, 0.05) is 52.6 Å². The van der Waals surface area contributed by atoms with E-state index in [0.717, 1.165) is 70.7 Å². The maximum Gasteiger partial charge on any atom is 0.160 e. The lowest BCUT2D eigenvalue weighted by Gasteiger charge is -2.28. The monoisotopic (exact) mass is 461 g/mol. The predicted molar refractivity (Wildman–Crippen MR) is 138 cm³/mol. The highest BCUT2D eigenvalue weighted by Crippen LogP contribution is 2.33. The Bertz CT molecular complexity index is 1500. The van der Waals surface area contributed by atoms with E-state index in [4.69, 9.17) is 10.1 Å². The quantitative estimate of drug-likeness (QED) is 0.367. The smallest absolute Gasteiger partial charge is 0.160 e. The Morgan fingerprint density at radius 3 is 2.57 bits per heavy atom. The molecule has 5 aromatic heterocycles. The van der Waals surface area contributed by atoms with Gasteiger partial charge in [0.2, 0.25) is 0 Å². The van der Waals surface area contributed by atoms with Crippen LogP contribution >= 0.6 is 0 Å². The van der Waals surface area contributed by atoms with Crippen molar-refractivity contribution in [3.8, 4) is 33.6 Å². The van der Waals surface area contributed by atoms with Gasteiger partial charge < -0.3 is 4.90 Å². The zero-order valence-corrected chi connectivity index (χ0v) is 20.0. The fourth-order valence-corrected chi connectivity index (χ4v) is 4.80. The van der Waals surface area contributed by atoms with Gasteiger partial charge in [-0.2, -0.15) is 5.10 Å². The van der Waals surface area contributed by atoms with Crippen LogP contribution in [0.5, 0.6) is 0 Å². The van der Waals surface area contributed by atoms with Gasteiger partial charge >= 0.3 is 0 Å². The minimum absolute atomic E-state index is 0.454. The second-order valence-electron chi connectivity index (χ2n) is 9.30. The van der Waals surface area contributed by atoms with Crippen LogP contribution in [0.2, 0.25) is 0 Å². The van der Waals surface area contributed by atoms with Crippen molar-refractivity contribution in [2.45, 2.75) is 25.8 Å². The molecule has 0 bridgehead atoms. The second kappa shape index (κ2) is 9.00. The molecule has 0 amide bonds. The van der Waals surface area contributed by atoms with Crippen molar-refractivity contribution in [2.75, 3.05) is 20.1 Å². The van der Waals surface area contributed by atoms with Crippen LogP contribution in [0.25, 0.3) is 44.7 Å². The molecule has 7 nitrogen and oxygen atoms in total. The Kier molecular flexibility index (Phi) is 5.54. The third kappa shape index (κ3) is 4.31. The maximum atomic E-state index is 4.80. The maximum absolute atomic E-state index is 4.80. The normalized spacial score (nSPS) is 15.0. The summed E-state index contributed by atoms with van der Waals surface area (Å²) in [4.78, 5) is 21.0. The SMILES string of the molecule is Cc1cccc(-c2cc(-c3cncc(-c4cnn(C5CCN(C)CC5)c4)c3)c3cccnc3n2)n1. The van der Waals surface area contributed by atoms with Gasteiger partial charge in [0.05, 0.1) is 23.6 Å². The minimum atomic E-state index is 0.454. The van der Waals surface area contributed by atoms with Crippen LogP contribution in [0.15, 0.2) is 73.4 Å². The summed E-state index contributed by atoms with van der Waals surface area (Å²) in [7, 11) is 2.18. The van der Waals surface area contributed by atoms with Crippen LogP contribution in [0.1, 0.15) is 24.6 Å². The average Bonchev–Trinajstić information content (AvgIpc) is 3.39. The van der Waals surface area contributed by atoms with Gasteiger partial charge in [0.25, 0.3) is 0 Å². The molecule has 5 aromatic rings. The first-order valence-corrected chi connectivity index (χ1v) is 12.0. The fraction of sp³-hybridized carbons (Fsp3) is 0.250. The van der Waals surface area contributed by atoms with Crippen molar-refractivity contribution >= 4 is 11.0 Å². The summed E-state index contributed by atoms with van der Waals surface area (Å²) in [6, 6.07) is 14.7. The molecule has 0 aliphatic carbocycles. The van der Waals surface area contributed by atoms with E-state index in [1.807, 2.05) is 49.8 Å². The molecule has 1 aliphatic rings. The van der Waals surface area contributed by atoms with E-state index >= 15 is 0 Å². The van der Waals surface area contributed by atoms with Crippen molar-refractivity contribution in [2.24, 2.45) is 0 Å². The van der Waals surface area contributed by atoms with E-state index in [0.29, 0.717) is 11.7 Å². The summed E-state index contributed by atoms with van der Waals surface area (Å²) in [5, 5.41) is 5.69. The zero-order chi connectivity index (χ0) is 23.8. The zero-order valence-electron chi connectivity index (χ0n) is 20.0. The van der Waals surface area contributed by atoms with Crippen LogP contribution in [0, 0.1) is 6.92 Å². The lowest BCUT2D eigenvalue weighted by Crippen LogP contribution is -2.31. The third-order valence-corrected chi connectivity index (χ3v) is 6.78. The summed E-state index contributed by atoms with van der Waals surface area (Å²) >= 11 is 0. The van der Waals surface area contributed by atoms with E-state index in [1.165, 1.54) is 0 Å². The van der Waals surface area contributed by atoms with Crippen LogP contribution < -0.4 is 0 Å². The van der Waals surface area contributed by atoms with Crippen molar-refractivity contribution < 1.29 is 0 Å². The molecule has 0 unspecified atom stereocenters. The van der Waals surface area contributed by atoms with E-state index in [9.17, 15) is 0 Å². The highest BCUT2D eigenvalue weighted by Gasteiger charge is 2.19. The number of hydrogen-bond acceptors (Lipinski definition) is 6. The molecule has 1 aliphatic heterocycles. The Hall–Kier alpha value is -3.97. The number of nitrogens with zero attached hydrogens (tertiary/aromatic N) is 7. The number of fused-ring (bicyclic) bond motifs is 1. The van der Waals surface area contributed by atoms with Crippen LogP contribution in [0.3, 0.4) is 0 Å². The lowest BCUT2D eigenvalue weighted by molar-refractivity contribution is 0.212. The molecule has 7 heteroatoms. The number of hydrogen-bond donors (Lipinski definition) is 0. The number of likely N-dealkylation sites (tertiary alicyclic amines) is 1. The van der Waals surface area contributed by atoms with Crippen molar-refractivity contribution in [3.05, 3.63) is 79.1 Å². The Morgan fingerprint density at radius 2 is 1.71 bits per heavy atom. The summed E-state index contributed by atoms with van der Waals surface area (Å²) in [5.41, 5.74) is 7.47. The summed E-state index contributed by atoms with van der Waals surface area (Å²) < 4.78 is 2.13. The molecule has 0 radical (unpaired) electrons. The van der Waals surface area contributed by atoms with Gasteiger partial charge in [-0.05, 0) is 81.9 Å². The molecule has 6 rings (SSSR count). The lowest BCUT2D eigenvalue weighted by atomic mass is 10.00. The van der Waals surface area contributed by atoms with E-state index < -0.39 is 0 Å². The number of pyridine rings is 4. The molecule has 6 heterocycles. The van der Waals surface area contributed by atoms with E-state index in [1.54, 1.807) is 6.20 Å². The van der Waals surface area contributed by atoms with Crippen molar-refractivity contribution in [3.63, 3.8) is 0 Å². The molecular formula is C28H27N7. The van der Waals surface area contributed by atoms with Crippen LogP contribution in [-0.2, 0) is 0 Å². The average molecular weight is 462 g/mol. The van der Waals surface area contributed by atoms with Gasteiger partial charge in [0.1, 0.15) is 0 Å². The largest absolute Gasteiger partial charge is 0.306 e. The van der Waals surface area contributed by atoms with Gasteiger partial charge in [-0.25, -0.2) is 9.97 Å². The predicted octanol–water partition coefficient (Wildman–Crippen LogP) is 5.19. The number of aryl methyl sites for hydroxylation is 1. The van der Waals surface area contributed by atoms with Crippen LogP contribution in [0.4, 0.5) is 0 Å². The first kappa shape index (κ1) is 21.6. The molecule has 0 saturated carbocycles. The van der Waals surface area contributed by atoms with E-state index in [-0.39, 0.29) is 0 Å². The Balaban J connectivity index is 1.40. The van der Waals surface area contributed by atoms with Gasteiger partial charge in [-0.15, -0.1) is 0 Å². The Morgan fingerprint density at radius 1 is 0.857 bits per heavy atom. The highest BCUT2D eigenvalue weighted by molar-refractivity contribution is 5.95. The standard InChI is InChI=1S/C28H27N7/c1-19-5-3-7-26(32-19)27-14-25(24-6-4-10-30-28(24)33-27)21-13-20(15-29-16-21)22-17-31-35(18-22)23-8-11-34(2)12-9-23/h3-7,10,13-18,23H,8-9,11-12H2,1-2H3. The fourth-order valence-electron chi connectivity index (χ4n) is 4.80. The molecule has 0 N–H and O–H groups in total. The molecule has 0 atom stereocenters. The summed E-state index contributed by atoms with van der Waals surface area (Å²) in [6.45, 7) is 4.21. The summed E-state index contributed by atoms with van der Waals surface area (Å²) in [6.07, 6.45) is 11.9. The van der Waals surface area contributed by atoms with Crippen LogP contribution in [-0.4, -0.2) is 54.8 Å². The van der Waals surface area contributed by atoms with Gasteiger partial charge in [-0.1, -0.05) is 6.07 Å². The number of aromatic nitrogens is 6. The molecule has 0 aromatic carbocycles. The molecular weight excluding hydrogens is 434 g/mol. The topological polar surface area (TPSA) is 72.6 Å². The summed E-state index contributed by atoms with van der Waals surface area (Å²) in [5.74, 6) is 0. The molecule has 1 saturated heterocycles. The van der Waals surface area contributed by atoms with Gasteiger partial charge in [-0.3, -0.25) is 14.6 Å². The molecule has 0 spiro atoms. The van der Waals surface area contributed by atoms with Crippen molar-refractivity contribution in [1.82, 2.24) is 34.6 Å². The first-order chi connectivity index (χ1) is 17.1. The third-order valence-electron chi connectivity index (χ3n) is 6.78. The molecule has 1 fully saturated rings. The molecule has 174 valence electrons. The highest BCUT2D eigenvalue weighted by atomic mass is 15.3. The van der Waals surface area contributed by atoms with E-state index in [2.05, 4.69) is 56.0 Å². The van der Waals surface area contributed by atoms with Gasteiger partial charge in [0.15, 0.2) is 5.65 Å². The Labute approximate surface area is 204 Å². The second-order valence-corrected chi connectivity index (χ2v) is 9.30. The van der Waals surface area contributed by atoms with Crippen molar-refractivity contribution in [1.29, 1.82) is 0 Å².